The third-order valence-electron chi connectivity index (χ3n) is 3.40. The Labute approximate surface area is 108 Å². The molecule has 1 N–H and O–H groups in total. The zero-order valence-corrected chi connectivity index (χ0v) is 10.4. The Morgan fingerprint density at radius 2 is 2.06 bits per heavy atom. The van der Waals surface area contributed by atoms with Crippen LogP contribution in [0, 0.1) is 5.92 Å². The van der Waals surface area contributed by atoms with Gasteiger partial charge >= 0.3 is 5.97 Å². The first kappa shape index (κ1) is 12.6. The Morgan fingerprint density at radius 1 is 1.28 bits per heavy atom. The number of aryl methyl sites for hydroxylation is 1. The lowest BCUT2D eigenvalue weighted by atomic mass is 9.82. The van der Waals surface area contributed by atoms with E-state index >= 15 is 0 Å². The van der Waals surface area contributed by atoms with Gasteiger partial charge in [0.25, 0.3) is 0 Å². The molecule has 0 radical (unpaired) electrons. The fraction of sp³-hybridized carbons (Fsp3) is 0.312. The van der Waals surface area contributed by atoms with Gasteiger partial charge in [0, 0.05) is 6.08 Å². The average Bonchev–Trinajstić information content (AvgIpc) is 2.38. The monoisotopic (exact) mass is 242 g/mol. The number of rotatable bonds is 4. The fourth-order valence-corrected chi connectivity index (χ4v) is 2.46. The molecule has 0 heterocycles. The van der Waals surface area contributed by atoms with Crippen LogP contribution >= 0.6 is 0 Å². The topological polar surface area (TPSA) is 37.3 Å². The normalized spacial score (nSPS) is 19.2. The number of benzene rings is 1. The van der Waals surface area contributed by atoms with Gasteiger partial charge in [-0.2, -0.15) is 0 Å². The molecule has 2 rings (SSSR count). The third kappa shape index (κ3) is 3.59. The Balaban J connectivity index is 1.85. The number of carbonyl (C=O) groups is 1. The van der Waals surface area contributed by atoms with Gasteiger partial charge in [-0.1, -0.05) is 42.5 Å². The molecule has 0 bridgehead atoms. The Kier molecular flexibility index (Phi) is 4.35. The molecule has 1 aromatic carbocycles. The van der Waals surface area contributed by atoms with Crippen LogP contribution in [0.1, 0.15) is 24.0 Å². The van der Waals surface area contributed by atoms with E-state index in [9.17, 15) is 4.79 Å². The van der Waals surface area contributed by atoms with Crippen LogP contribution in [0.25, 0.3) is 0 Å². The maximum atomic E-state index is 10.3. The van der Waals surface area contributed by atoms with Crippen molar-refractivity contribution in [3.8, 4) is 0 Å². The van der Waals surface area contributed by atoms with E-state index in [1.54, 1.807) is 6.08 Å². The van der Waals surface area contributed by atoms with Gasteiger partial charge in [0.1, 0.15) is 0 Å². The molecule has 0 fully saturated rings. The lowest BCUT2D eigenvalue weighted by molar-refractivity contribution is -0.131. The molecule has 0 saturated carbocycles. The first-order valence-electron chi connectivity index (χ1n) is 6.38. The molecule has 1 atom stereocenters. The standard InChI is InChI=1S/C16H18O2/c17-16(18)9-3-1-2-6-13-10-11-14-7-4-5-8-15(14)12-13/h1-5,7-9,13H,6,10-12H2,(H,17,18)/b2-1+,9-3+. The molecule has 0 saturated heterocycles. The molecular weight excluding hydrogens is 224 g/mol. The highest BCUT2D eigenvalue weighted by Gasteiger charge is 2.16. The van der Waals surface area contributed by atoms with Gasteiger partial charge in [-0.3, -0.25) is 0 Å². The van der Waals surface area contributed by atoms with E-state index in [4.69, 9.17) is 5.11 Å². The summed E-state index contributed by atoms with van der Waals surface area (Å²) in [7, 11) is 0. The molecule has 2 nitrogen and oxygen atoms in total. The van der Waals surface area contributed by atoms with Gasteiger partial charge in [0.05, 0.1) is 0 Å². The lowest BCUT2D eigenvalue weighted by Gasteiger charge is -2.23. The minimum absolute atomic E-state index is 0.689. The van der Waals surface area contributed by atoms with E-state index < -0.39 is 5.97 Å². The summed E-state index contributed by atoms with van der Waals surface area (Å²) in [6.07, 6.45) is 11.2. The van der Waals surface area contributed by atoms with E-state index in [0.29, 0.717) is 5.92 Å². The van der Waals surface area contributed by atoms with E-state index in [2.05, 4.69) is 30.3 Å². The van der Waals surface area contributed by atoms with Gasteiger partial charge in [-0.25, -0.2) is 4.79 Å². The first-order chi connectivity index (χ1) is 8.75. The summed E-state index contributed by atoms with van der Waals surface area (Å²) in [5.41, 5.74) is 2.96. The van der Waals surface area contributed by atoms with Crippen molar-refractivity contribution in [1.29, 1.82) is 0 Å². The lowest BCUT2D eigenvalue weighted by Crippen LogP contribution is -2.13. The maximum absolute atomic E-state index is 10.3. The van der Waals surface area contributed by atoms with Crippen molar-refractivity contribution in [2.75, 3.05) is 0 Å². The summed E-state index contributed by atoms with van der Waals surface area (Å²) in [5.74, 6) is -0.208. The maximum Gasteiger partial charge on any atom is 0.328 e. The SMILES string of the molecule is O=C(O)/C=C/C=C/CC1CCc2ccccc2C1. The van der Waals surface area contributed by atoms with Crippen molar-refractivity contribution in [3.05, 3.63) is 59.7 Å². The quantitative estimate of drug-likeness (QED) is 0.649. The summed E-state index contributed by atoms with van der Waals surface area (Å²) >= 11 is 0. The highest BCUT2D eigenvalue weighted by Crippen LogP contribution is 2.27. The number of carboxylic acid groups (broad SMARTS) is 1. The van der Waals surface area contributed by atoms with Gasteiger partial charge in [-0.15, -0.1) is 0 Å². The van der Waals surface area contributed by atoms with E-state index in [-0.39, 0.29) is 0 Å². The van der Waals surface area contributed by atoms with Crippen molar-refractivity contribution in [3.63, 3.8) is 0 Å². The van der Waals surface area contributed by atoms with Crippen molar-refractivity contribution >= 4 is 5.97 Å². The van der Waals surface area contributed by atoms with Crippen LogP contribution in [0.5, 0.6) is 0 Å². The summed E-state index contributed by atoms with van der Waals surface area (Å²) in [6, 6.07) is 8.65. The van der Waals surface area contributed by atoms with Gasteiger partial charge in [0.15, 0.2) is 0 Å². The summed E-state index contributed by atoms with van der Waals surface area (Å²) in [6.45, 7) is 0. The number of hydrogen-bond donors (Lipinski definition) is 1. The molecule has 0 spiro atoms. The number of allylic oxidation sites excluding steroid dienone is 3. The second-order valence-electron chi connectivity index (χ2n) is 4.74. The first-order valence-corrected chi connectivity index (χ1v) is 6.38. The minimum atomic E-state index is -0.897. The second-order valence-corrected chi connectivity index (χ2v) is 4.74. The molecule has 1 unspecified atom stereocenters. The zero-order chi connectivity index (χ0) is 12.8. The van der Waals surface area contributed by atoms with Crippen LogP contribution in [0.3, 0.4) is 0 Å². The number of carboxylic acids is 1. The molecular formula is C16H18O2. The van der Waals surface area contributed by atoms with Crippen molar-refractivity contribution in [1.82, 2.24) is 0 Å². The summed E-state index contributed by atoms with van der Waals surface area (Å²) in [4.78, 5) is 10.3. The average molecular weight is 242 g/mol. The van der Waals surface area contributed by atoms with Gasteiger partial charge < -0.3 is 5.11 Å². The summed E-state index contributed by atoms with van der Waals surface area (Å²) < 4.78 is 0. The van der Waals surface area contributed by atoms with Crippen LogP contribution in [-0.2, 0) is 17.6 Å². The van der Waals surface area contributed by atoms with Crippen LogP contribution < -0.4 is 0 Å². The molecule has 18 heavy (non-hydrogen) atoms. The van der Waals surface area contributed by atoms with Crippen molar-refractivity contribution in [2.24, 2.45) is 5.92 Å². The highest BCUT2D eigenvalue weighted by molar-refractivity contribution is 5.80. The number of aliphatic carboxylic acids is 1. The van der Waals surface area contributed by atoms with Crippen LogP contribution in [0.4, 0.5) is 0 Å². The van der Waals surface area contributed by atoms with E-state index in [0.717, 1.165) is 18.9 Å². The molecule has 1 aliphatic rings. The molecule has 1 aromatic rings. The smallest absolute Gasteiger partial charge is 0.328 e. The number of fused-ring (bicyclic) bond motifs is 1. The largest absolute Gasteiger partial charge is 0.478 e. The van der Waals surface area contributed by atoms with Crippen LogP contribution in [0.15, 0.2) is 48.6 Å². The summed E-state index contributed by atoms with van der Waals surface area (Å²) in [5, 5.41) is 8.45. The zero-order valence-electron chi connectivity index (χ0n) is 10.4. The Hall–Kier alpha value is -1.83. The Morgan fingerprint density at radius 3 is 2.83 bits per heavy atom. The van der Waals surface area contributed by atoms with Crippen molar-refractivity contribution < 1.29 is 9.90 Å². The molecule has 94 valence electrons. The van der Waals surface area contributed by atoms with E-state index in [1.165, 1.54) is 24.0 Å². The van der Waals surface area contributed by atoms with Crippen LogP contribution in [-0.4, -0.2) is 11.1 Å². The fourth-order valence-electron chi connectivity index (χ4n) is 2.46. The third-order valence-corrected chi connectivity index (χ3v) is 3.40. The van der Waals surface area contributed by atoms with Gasteiger partial charge in [-0.05, 0) is 42.7 Å². The highest BCUT2D eigenvalue weighted by atomic mass is 16.4. The van der Waals surface area contributed by atoms with E-state index in [1.807, 2.05) is 6.08 Å². The molecule has 0 amide bonds. The predicted octanol–water partition coefficient (Wildman–Crippen LogP) is 3.38. The molecule has 0 aromatic heterocycles. The predicted molar refractivity (Wildman–Crippen MR) is 72.5 cm³/mol. The number of hydrogen-bond acceptors (Lipinski definition) is 1. The van der Waals surface area contributed by atoms with Crippen LogP contribution in [0.2, 0.25) is 0 Å². The Bertz CT molecular complexity index is 472. The molecule has 1 aliphatic carbocycles. The van der Waals surface area contributed by atoms with Gasteiger partial charge in [0.2, 0.25) is 0 Å². The molecule has 0 aliphatic heterocycles. The second kappa shape index (κ2) is 6.20. The molecule has 2 heteroatoms. The van der Waals surface area contributed by atoms with Crippen molar-refractivity contribution in [2.45, 2.75) is 25.7 Å². The minimum Gasteiger partial charge on any atom is -0.478 e.